The van der Waals surface area contributed by atoms with Crippen molar-refractivity contribution >= 4 is 23.2 Å². The Morgan fingerprint density at radius 1 is 0.857 bits per heavy atom. The molecule has 4 nitrogen and oxygen atoms in total. The number of hydrogen-bond donors (Lipinski definition) is 0. The third-order valence-electron chi connectivity index (χ3n) is 5.22. The molecular weight excluding hydrogens is 370 g/mol. The minimum absolute atomic E-state index is 0.105. The van der Waals surface area contributed by atoms with Crippen LogP contribution < -0.4 is 4.90 Å². The molecule has 1 fully saturated rings. The number of nitrogens with zero attached hydrogens (tertiary/aromatic N) is 3. The Morgan fingerprint density at radius 2 is 1.50 bits per heavy atom. The maximum Gasteiger partial charge on any atom is 0.234 e. The highest BCUT2D eigenvalue weighted by molar-refractivity contribution is 6.31. The number of hydrogen-bond acceptors (Lipinski definition) is 3. The van der Waals surface area contributed by atoms with Crippen molar-refractivity contribution in [2.75, 3.05) is 31.1 Å². The lowest BCUT2D eigenvalue weighted by molar-refractivity contribution is -0.132. The highest BCUT2D eigenvalue weighted by atomic mass is 35.5. The summed E-state index contributed by atoms with van der Waals surface area (Å²) in [5, 5.41) is 0.625. The van der Waals surface area contributed by atoms with E-state index < -0.39 is 0 Å². The molecule has 0 saturated carbocycles. The van der Waals surface area contributed by atoms with E-state index in [-0.39, 0.29) is 11.8 Å². The summed E-state index contributed by atoms with van der Waals surface area (Å²) in [6.45, 7) is 2.99. The van der Waals surface area contributed by atoms with Crippen LogP contribution in [0.25, 0.3) is 0 Å². The topological polar surface area (TPSA) is 36.4 Å². The number of benzene rings is 2. The van der Waals surface area contributed by atoms with Crippen LogP contribution in [0.4, 0.5) is 5.69 Å². The maximum atomic E-state index is 13.5. The Balaban J connectivity index is 1.56. The molecule has 1 saturated heterocycles. The Morgan fingerprint density at radius 3 is 2.18 bits per heavy atom. The first kappa shape index (κ1) is 18.5. The molecule has 0 radical (unpaired) electrons. The van der Waals surface area contributed by atoms with Crippen molar-refractivity contribution in [3.8, 4) is 0 Å². The van der Waals surface area contributed by atoms with E-state index in [0.717, 1.165) is 29.9 Å². The Bertz CT molecular complexity index is 925. The lowest BCUT2D eigenvalue weighted by atomic mass is 9.89. The summed E-state index contributed by atoms with van der Waals surface area (Å²) in [6, 6.07) is 21.5. The molecule has 2 heterocycles. The van der Waals surface area contributed by atoms with Gasteiger partial charge >= 0.3 is 0 Å². The summed E-state index contributed by atoms with van der Waals surface area (Å²) in [6.07, 6.45) is 3.60. The standard InChI is InChI=1S/C23H22ClN3O/c24-21-9-5-4-8-20(21)22(18-6-2-1-3-7-18)23(28)27-16-14-26(15-17-27)19-10-12-25-13-11-19/h1-13,22H,14-17H2. The quantitative estimate of drug-likeness (QED) is 0.668. The van der Waals surface area contributed by atoms with Crippen molar-refractivity contribution < 1.29 is 4.79 Å². The fraction of sp³-hybridized carbons (Fsp3) is 0.217. The van der Waals surface area contributed by atoms with Crippen LogP contribution in [0.1, 0.15) is 17.0 Å². The number of piperazine rings is 1. The van der Waals surface area contributed by atoms with Gasteiger partial charge in [0.05, 0.1) is 5.92 Å². The van der Waals surface area contributed by atoms with Crippen molar-refractivity contribution in [3.63, 3.8) is 0 Å². The minimum Gasteiger partial charge on any atom is -0.368 e. The van der Waals surface area contributed by atoms with Gasteiger partial charge in [-0.3, -0.25) is 9.78 Å². The number of carbonyl (C=O) groups is 1. The normalized spacial score (nSPS) is 15.3. The molecule has 142 valence electrons. The second-order valence-electron chi connectivity index (χ2n) is 6.88. The zero-order chi connectivity index (χ0) is 19.3. The van der Waals surface area contributed by atoms with Crippen LogP contribution in [0.2, 0.25) is 5.02 Å². The zero-order valence-electron chi connectivity index (χ0n) is 15.5. The molecule has 1 unspecified atom stereocenters. The Hall–Kier alpha value is -2.85. The molecule has 1 aromatic heterocycles. The first-order chi connectivity index (χ1) is 13.7. The zero-order valence-corrected chi connectivity index (χ0v) is 16.3. The maximum absolute atomic E-state index is 13.5. The van der Waals surface area contributed by atoms with Gasteiger partial charge in [0.15, 0.2) is 0 Å². The first-order valence-electron chi connectivity index (χ1n) is 9.47. The molecule has 1 aliphatic heterocycles. The number of amides is 1. The molecule has 5 heteroatoms. The first-order valence-corrected chi connectivity index (χ1v) is 9.85. The number of anilines is 1. The van der Waals surface area contributed by atoms with E-state index >= 15 is 0 Å². The minimum atomic E-state index is -0.387. The van der Waals surface area contributed by atoms with Crippen molar-refractivity contribution in [1.29, 1.82) is 0 Å². The van der Waals surface area contributed by atoms with Crippen LogP contribution in [-0.4, -0.2) is 42.0 Å². The average molecular weight is 392 g/mol. The Labute approximate surface area is 170 Å². The highest BCUT2D eigenvalue weighted by Gasteiger charge is 2.31. The lowest BCUT2D eigenvalue weighted by Gasteiger charge is -2.37. The predicted octanol–water partition coefficient (Wildman–Crippen LogP) is 4.22. The number of aromatic nitrogens is 1. The molecule has 4 rings (SSSR count). The van der Waals surface area contributed by atoms with E-state index in [0.29, 0.717) is 18.1 Å². The van der Waals surface area contributed by atoms with Crippen LogP contribution in [0, 0.1) is 0 Å². The van der Waals surface area contributed by atoms with Gasteiger partial charge in [-0.1, -0.05) is 60.1 Å². The van der Waals surface area contributed by atoms with Gasteiger partial charge in [0.25, 0.3) is 0 Å². The van der Waals surface area contributed by atoms with Crippen LogP contribution in [-0.2, 0) is 4.79 Å². The molecule has 0 aliphatic carbocycles. The van der Waals surface area contributed by atoms with Gasteiger partial charge in [0, 0.05) is 49.3 Å². The van der Waals surface area contributed by atoms with Crippen molar-refractivity contribution in [2.45, 2.75) is 5.92 Å². The van der Waals surface area contributed by atoms with Crippen LogP contribution in [0.5, 0.6) is 0 Å². The molecule has 0 N–H and O–H groups in total. The van der Waals surface area contributed by atoms with E-state index in [2.05, 4.69) is 9.88 Å². The van der Waals surface area contributed by atoms with Crippen molar-refractivity contribution in [3.05, 3.63) is 95.3 Å². The van der Waals surface area contributed by atoms with Crippen molar-refractivity contribution in [1.82, 2.24) is 9.88 Å². The third-order valence-corrected chi connectivity index (χ3v) is 5.56. The summed E-state index contributed by atoms with van der Waals surface area (Å²) in [5.74, 6) is -0.281. The summed E-state index contributed by atoms with van der Waals surface area (Å²) < 4.78 is 0. The average Bonchev–Trinajstić information content (AvgIpc) is 2.77. The van der Waals surface area contributed by atoms with Crippen LogP contribution in [0.15, 0.2) is 79.1 Å². The van der Waals surface area contributed by atoms with E-state index in [1.165, 1.54) is 0 Å². The van der Waals surface area contributed by atoms with E-state index in [1.807, 2.05) is 71.6 Å². The smallest absolute Gasteiger partial charge is 0.234 e. The second kappa shape index (κ2) is 8.44. The SMILES string of the molecule is O=C(C(c1ccccc1)c1ccccc1Cl)N1CCN(c2ccncc2)CC1. The van der Waals surface area contributed by atoms with E-state index in [9.17, 15) is 4.79 Å². The molecule has 2 aromatic carbocycles. The molecule has 1 atom stereocenters. The number of carbonyl (C=O) groups excluding carboxylic acids is 1. The number of halogens is 1. The van der Waals surface area contributed by atoms with Gasteiger partial charge in [0.1, 0.15) is 0 Å². The summed E-state index contributed by atoms with van der Waals surface area (Å²) in [5.41, 5.74) is 2.97. The largest absolute Gasteiger partial charge is 0.368 e. The number of pyridine rings is 1. The molecule has 0 spiro atoms. The summed E-state index contributed by atoms with van der Waals surface area (Å²) in [4.78, 5) is 21.9. The van der Waals surface area contributed by atoms with Gasteiger partial charge in [-0.25, -0.2) is 0 Å². The number of rotatable bonds is 4. The van der Waals surface area contributed by atoms with Crippen LogP contribution in [0.3, 0.4) is 0 Å². The van der Waals surface area contributed by atoms with Gasteiger partial charge in [-0.05, 0) is 29.3 Å². The molecule has 1 amide bonds. The van der Waals surface area contributed by atoms with Gasteiger partial charge in [-0.15, -0.1) is 0 Å². The molecular formula is C23H22ClN3O. The summed E-state index contributed by atoms with van der Waals surface area (Å²) >= 11 is 6.47. The third kappa shape index (κ3) is 3.87. The second-order valence-corrected chi connectivity index (χ2v) is 7.29. The van der Waals surface area contributed by atoms with Gasteiger partial charge in [0.2, 0.25) is 5.91 Å². The Kier molecular flexibility index (Phi) is 5.58. The monoisotopic (exact) mass is 391 g/mol. The van der Waals surface area contributed by atoms with Crippen LogP contribution >= 0.6 is 11.6 Å². The van der Waals surface area contributed by atoms with Gasteiger partial charge < -0.3 is 9.80 Å². The molecule has 1 aliphatic rings. The fourth-order valence-electron chi connectivity index (χ4n) is 3.73. The van der Waals surface area contributed by atoms with Gasteiger partial charge in [-0.2, -0.15) is 0 Å². The van der Waals surface area contributed by atoms with E-state index in [4.69, 9.17) is 11.6 Å². The lowest BCUT2D eigenvalue weighted by Crippen LogP contribution is -2.50. The summed E-state index contributed by atoms with van der Waals surface area (Å²) in [7, 11) is 0. The van der Waals surface area contributed by atoms with Crippen molar-refractivity contribution in [2.24, 2.45) is 0 Å². The fourth-order valence-corrected chi connectivity index (χ4v) is 3.98. The molecule has 28 heavy (non-hydrogen) atoms. The van der Waals surface area contributed by atoms with E-state index in [1.54, 1.807) is 12.4 Å². The molecule has 3 aromatic rings. The highest BCUT2D eigenvalue weighted by Crippen LogP contribution is 2.32. The predicted molar refractivity (Wildman–Crippen MR) is 113 cm³/mol. The molecule has 0 bridgehead atoms.